The van der Waals surface area contributed by atoms with Crippen molar-refractivity contribution in [2.75, 3.05) is 0 Å². The van der Waals surface area contributed by atoms with E-state index in [1.807, 2.05) is 45.0 Å². The highest BCUT2D eigenvalue weighted by atomic mass is 32.1. The van der Waals surface area contributed by atoms with Gasteiger partial charge in [0.05, 0.1) is 5.69 Å². The lowest BCUT2D eigenvalue weighted by atomic mass is 10.1. The van der Waals surface area contributed by atoms with Crippen LogP contribution in [0.25, 0.3) is 10.6 Å². The summed E-state index contributed by atoms with van der Waals surface area (Å²) in [6.07, 6.45) is 0. The molecule has 1 N–H and O–H groups in total. The van der Waals surface area contributed by atoms with Gasteiger partial charge in [0.25, 0.3) is 0 Å². The molecule has 4 heteroatoms. The van der Waals surface area contributed by atoms with Gasteiger partial charge in [-0.25, -0.2) is 9.78 Å². The first-order valence-electron chi connectivity index (χ1n) is 5.80. The fourth-order valence-corrected chi connectivity index (χ4v) is 2.76. The van der Waals surface area contributed by atoms with Gasteiger partial charge in [-0.15, -0.1) is 11.3 Å². The highest BCUT2D eigenvalue weighted by Crippen LogP contribution is 2.31. The number of aryl methyl sites for hydroxylation is 1. The number of thiazole rings is 1. The van der Waals surface area contributed by atoms with E-state index in [0.717, 1.165) is 10.6 Å². The topological polar surface area (TPSA) is 50.2 Å². The largest absolute Gasteiger partial charge is 0.477 e. The number of carboxylic acid groups (broad SMARTS) is 1. The lowest BCUT2D eigenvalue weighted by Gasteiger charge is -2.00. The number of aromatic carboxylic acids is 1. The molecule has 0 aliphatic heterocycles. The SMILES string of the molecule is Cc1ccc(-c2nc(C(C)C)c(C(=O)O)s2)cc1. The number of hydrogen-bond donors (Lipinski definition) is 1. The van der Waals surface area contributed by atoms with Gasteiger partial charge in [0, 0.05) is 5.56 Å². The molecule has 18 heavy (non-hydrogen) atoms. The Hall–Kier alpha value is -1.68. The van der Waals surface area contributed by atoms with Crippen LogP contribution in [0.1, 0.15) is 40.7 Å². The summed E-state index contributed by atoms with van der Waals surface area (Å²) in [5.41, 5.74) is 2.82. The Morgan fingerprint density at radius 3 is 2.33 bits per heavy atom. The van der Waals surface area contributed by atoms with E-state index in [9.17, 15) is 9.90 Å². The summed E-state index contributed by atoms with van der Waals surface area (Å²) >= 11 is 1.24. The average Bonchev–Trinajstić information content (AvgIpc) is 2.75. The molecule has 0 saturated carbocycles. The fraction of sp³-hybridized carbons (Fsp3) is 0.286. The smallest absolute Gasteiger partial charge is 0.347 e. The molecule has 0 aliphatic rings. The summed E-state index contributed by atoms with van der Waals surface area (Å²) in [7, 11) is 0. The molecular formula is C14H15NO2S. The Kier molecular flexibility index (Phi) is 3.48. The number of rotatable bonds is 3. The monoisotopic (exact) mass is 261 g/mol. The van der Waals surface area contributed by atoms with Crippen LogP contribution in [0.2, 0.25) is 0 Å². The zero-order valence-electron chi connectivity index (χ0n) is 10.6. The van der Waals surface area contributed by atoms with E-state index < -0.39 is 5.97 Å². The van der Waals surface area contributed by atoms with Crippen LogP contribution < -0.4 is 0 Å². The molecule has 1 aromatic heterocycles. The number of aromatic nitrogens is 1. The van der Waals surface area contributed by atoms with Gasteiger partial charge in [-0.2, -0.15) is 0 Å². The van der Waals surface area contributed by atoms with Gasteiger partial charge in [0.1, 0.15) is 9.88 Å². The molecule has 2 rings (SSSR count). The Bertz CT molecular complexity index is 570. The molecule has 1 aromatic carbocycles. The van der Waals surface area contributed by atoms with E-state index in [4.69, 9.17) is 0 Å². The second-order valence-corrected chi connectivity index (χ2v) is 5.56. The average molecular weight is 261 g/mol. The van der Waals surface area contributed by atoms with Crippen LogP contribution in [-0.4, -0.2) is 16.1 Å². The van der Waals surface area contributed by atoms with E-state index >= 15 is 0 Å². The van der Waals surface area contributed by atoms with E-state index in [2.05, 4.69) is 4.98 Å². The molecular weight excluding hydrogens is 246 g/mol. The number of hydrogen-bond acceptors (Lipinski definition) is 3. The number of benzene rings is 1. The van der Waals surface area contributed by atoms with Crippen molar-refractivity contribution in [2.24, 2.45) is 0 Å². The number of nitrogens with zero attached hydrogens (tertiary/aromatic N) is 1. The van der Waals surface area contributed by atoms with Gasteiger partial charge in [0.2, 0.25) is 0 Å². The van der Waals surface area contributed by atoms with Gasteiger partial charge in [-0.05, 0) is 12.8 Å². The Labute approximate surface area is 110 Å². The van der Waals surface area contributed by atoms with E-state index in [-0.39, 0.29) is 5.92 Å². The van der Waals surface area contributed by atoms with Crippen molar-refractivity contribution in [1.82, 2.24) is 4.98 Å². The van der Waals surface area contributed by atoms with Crippen LogP contribution in [-0.2, 0) is 0 Å². The Morgan fingerprint density at radius 1 is 1.28 bits per heavy atom. The van der Waals surface area contributed by atoms with E-state index in [0.29, 0.717) is 10.6 Å². The van der Waals surface area contributed by atoms with Crippen LogP contribution >= 0.6 is 11.3 Å². The van der Waals surface area contributed by atoms with Gasteiger partial charge in [-0.1, -0.05) is 43.7 Å². The third-order valence-corrected chi connectivity index (χ3v) is 3.80. The summed E-state index contributed by atoms with van der Waals surface area (Å²) in [6.45, 7) is 5.94. The quantitative estimate of drug-likeness (QED) is 0.910. The second kappa shape index (κ2) is 4.90. The third kappa shape index (κ3) is 2.43. The molecule has 1 heterocycles. The van der Waals surface area contributed by atoms with Gasteiger partial charge in [0.15, 0.2) is 0 Å². The molecule has 0 fully saturated rings. The van der Waals surface area contributed by atoms with Gasteiger partial charge >= 0.3 is 5.97 Å². The maximum Gasteiger partial charge on any atom is 0.347 e. The zero-order chi connectivity index (χ0) is 13.3. The van der Waals surface area contributed by atoms with Crippen LogP contribution in [0, 0.1) is 6.92 Å². The van der Waals surface area contributed by atoms with E-state index in [1.165, 1.54) is 16.9 Å². The number of carbonyl (C=O) groups is 1. The summed E-state index contributed by atoms with van der Waals surface area (Å²) < 4.78 is 0. The standard InChI is InChI=1S/C14H15NO2S/c1-8(2)11-12(14(16)17)18-13(15-11)10-6-4-9(3)5-7-10/h4-8H,1-3H3,(H,16,17). The molecule has 0 unspecified atom stereocenters. The number of carboxylic acids is 1. The van der Waals surface area contributed by atoms with Gasteiger partial charge in [-0.3, -0.25) is 0 Å². The minimum Gasteiger partial charge on any atom is -0.477 e. The van der Waals surface area contributed by atoms with Crippen molar-refractivity contribution >= 4 is 17.3 Å². The zero-order valence-corrected chi connectivity index (χ0v) is 11.4. The Morgan fingerprint density at radius 2 is 1.89 bits per heavy atom. The van der Waals surface area contributed by atoms with Gasteiger partial charge < -0.3 is 5.11 Å². The van der Waals surface area contributed by atoms with E-state index in [1.54, 1.807) is 0 Å². The maximum absolute atomic E-state index is 11.2. The summed E-state index contributed by atoms with van der Waals surface area (Å²) in [6, 6.07) is 7.96. The normalized spacial score (nSPS) is 10.9. The Balaban J connectivity index is 2.49. The predicted molar refractivity (Wildman–Crippen MR) is 73.3 cm³/mol. The maximum atomic E-state index is 11.2. The minimum absolute atomic E-state index is 0.117. The van der Waals surface area contributed by atoms with Crippen LogP contribution in [0.3, 0.4) is 0 Å². The van der Waals surface area contributed by atoms with Crippen LogP contribution in [0.5, 0.6) is 0 Å². The van der Waals surface area contributed by atoms with Crippen LogP contribution in [0.15, 0.2) is 24.3 Å². The highest BCUT2D eigenvalue weighted by molar-refractivity contribution is 7.17. The fourth-order valence-electron chi connectivity index (χ4n) is 1.70. The molecule has 0 bridgehead atoms. The first kappa shape index (κ1) is 12.8. The first-order chi connectivity index (χ1) is 8.49. The lowest BCUT2D eigenvalue weighted by molar-refractivity contribution is 0.0700. The molecule has 0 radical (unpaired) electrons. The van der Waals surface area contributed by atoms with Crippen molar-refractivity contribution in [1.29, 1.82) is 0 Å². The molecule has 0 spiro atoms. The molecule has 0 saturated heterocycles. The van der Waals surface area contributed by atoms with Crippen molar-refractivity contribution < 1.29 is 9.90 Å². The lowest BCUT2D eigenvalue weighted by Crippen LogP contribution is -2.00. The predicted octanol–water partition coefficient (Wildman–Crippen LogP) is 3.94. The molecule has 0 aliphatic carbocycles. The van der Waals surface area contributed by atoms with Crippen molar-refractivity contribution in [3.63, 3.8) is 0 Å². The molecule has 3 nitrogen and oxygen atoms in total. The molecule has 94 valence electrons. The van der Waals surface area contributed by atoms with Crippen molar-refractivity contribution in [3.8, 4) is 10.6 Å². The molecule has 0 atom stereocenters. The van der Waals surface area contributed by atoms with Crippen molar-refractivity contribution in [2.45, 2.75) is 26.7 Å². The minimum atomic E-state index is -0.894. The first-order valence-corrected chi connectivity index (χ1v) is 6.61. The summed E-state index contributed by atoms with van der Waals surface area (Å²) in [4.78, 5) is 16.0. The molecule has 2 aromatic rings. The summed E-state index contributed by atoms with van der Waals surface area (Å²) in [5, 5.41) is 9.96. The third-order valence-electron chi connectivity index (χ3n) is 2.69. The van der Waals surface area contributed by atoms with Crippen molar-refractivity contribution in [3.05, 3.63) is 40.4 Å². The summed E-state index contributed by atoms with van der Waals surface area (Å²) in [5.74, 6) is -0.777. The van der Waals surface area contributed by atoms with Crippen LogP contribution in [0.4, 0.5) is 0 Å². The second-order valence-electron chi connectivity index (χ2n) is 4.56. The molecule has 0 amide bonds. The highest BCUT2D eigenvalue weighted by Gasteiger charge is 2.20.